The monoisotopic (exact) mass is 1020 g/mol. The lowest BCUT2D eigenvalue weighted by molar-refractivity contribution is -0.166. The Kier molecular flexibility index (Phi) is 58.3. The van der Waals surface area contributed by atoms with Crippen molar-refractivity contribution >= 4 is 17.9 Å². The van der Waals surface area contributed by atoms with Crippen LogP contribution in [0.5, 0.6) is 0 Å². The van der Waals surface area contributed by atoms with Crippen LogP contribution in [0.4, 0.5) is 0 Å². The van der Waals surface area contributed by atoms with Gasteiger partial charge in [0.05, 0.1) is 0 Å². The van der Waals surface area contributed by atoms with E-state index in [4.69, 9.17) is 14.2 Å². The third kappa shape index (κ3) is 59.3. The van der Waals surface area contributed by atoms with Crippen molar-refractivity contribution in [3.63, 3.8) is 0 Å². The quantitative estimate of drug-likeness (QED) is 0.0261. The van der Waals surface area contributed by atoms with Crippen LogP contribution in [0.2, 0.25) is 0 Å². The Morgan fingerprint density at radius 3 is 0.849 bits per heavy atom. The number of esters is 3. The Hall–Kier alpha value is -3.41. The second-order valence-electron chi connectivity index (χ2n) is 20.6. The molecule has 0 aliphatic carbocycles. The molecular formula is C67H116O6. The number of allylic oxidation sites excluding steroid dienone is 14. The van der Waals surface area contributed by atoms with Crippen molar-refractivity contribution in [1.29, 1.82) is 0 Å². The molecule has 0 heterocycles. The third-order valence-corrected chi connectivity index (χ3v) is 13.4. The van der Waals surface area contributed by atoms with Gasteiger partial charge in [0.15, 0.2) is 6.10 Å². The molecule has 0 aromatic carbocycles. The lowest BCUT2D eigenvalue weighted by atomic mass is 10.0. The molecule has 0 rings (SSSR count). The summed E-state index contributed by atoms with van der Waals surface area (Å²) >= 11 is 0. The summed E-state index contributed by atoms with van der Waals surface area (Å²) in [6, 6.07) is 0. The lowest BCUT2D eigenvalue weighted by Gasteiger charge is -2.18. The average Bonchev–Trinajstić information content (AvgIpc) is 3.39. The first-order valence-corrected chi connectivity index (χ1v) is 31.1. The molecule has 0 radical (unpaired) electrons. The molecule has 0 aliphatic heterocycles. The number of hydrogen-bond acceptors (Lipinski definition) is 6. The summed E-state index contributed by atoms with van der Waals surface area (Å²) in [5.74, 6) is -0.995. The second-order valence-corrected chi connectivity index (χ2v) is 20.6. The molecular weight excluding hydrogens is 901 g/mol. The maximum absolute atomic E-state index is 12.9. The van der Waals surface area contributed by atoms with Gasteiger partial charge in [0, 0.05) is 19.3 Å². The van der Waals surface area contributed by atoms with E-state index in [1.165, 1.54) is 167 Å². The van der Waals surface area contributed by atoms with Crippen LogP contribution in [0, 0.1) is 0 Å². The average molecular weight is 1020 g/mol. The Labute approximate surface area is 452 Å². The first kappa shape index (κ1) is 69.6. The van der Waals surface area contributed by atoms with Crippen molar-refractivity contribution in [2.45, 2.75) is 309 Å². The van der Waals surface area contributed by atoms with Crippen LogP contribution >= 0.6 is 0 Å². The topological polar surface area (TPSA) is 78.9 Å². The molecule has 420 valence electrons. The fourth-order valence-electron chi connectivity index (χ4n) is 8.69. The maximum atomic E-state index is 12.9. The molecule has 6 nitrogen and oxygen atoms in total. The molecule has 0 aromatic rings. The Morgan fingerprint density at radius 1 is 0.274 bits per heavy atom. The molecule has 6 heteroatoms. The van der Waals surface area contributed by atoms with Gasteiger partial charge in [-0.3, -0.25) is 14.4 Å². The number of hydrogen-bond donors (Lipinski definition) is 0. The number of carbonyl (C=O) groups is 3. The lowest BCUT2D eigenvalue weighted by Crippen LogP contribution is -2.30. The molecule has 0 N–H and O–H groups in total. The summed E-state index contributed by atoms with van der Waals surface area (Å²) in [5.41, 5.74) is 0. The zero-order valence-electron chi connectivity index (χ0n) is 48.1. The maximum Gasteiger partial charge on any atom is 0.306 e. The Bertz CT molecular complexity index is 1400. The van der Waals surface area contributed by atoms with Gasteiger partial charge in [-0.15, -0.1) is 0 Å². The molecule has 0 unspecified atom stereocenters. The highest BCUT2D eigenvalue weighted by Crippen LogP contribution is 2.16. The summed E-state index contributed by atoms with van der Waals surface area (Å²) in [5, 5.41) is 0. The SMILES string of the molecule is CCCCC/C=C\C/C=C\C/C=C\C/C=C\C/C=C\CCC(=O)O[C@H](COC(=O)CCCCCCC/C=C\C/C=C\CCCCC)COC(=O)CCCCCCCCCCCCCCCCCCCCCCC. The standard InChI is InChI=1S/C67H116O6/c1-4-7-10-13-16-19-22-25-28-30-32-33-35-36-39-42-45-48-51-54-57-60-66(69)72-63-64(62-71-65(68)59-56-53-50-47-44-41-38-27-24-21-18-15-12-9-6-3)73-67(70)61-58-55-52-49-46-43-40-37-34-31-29-26-23-20-17-14-11-8-5-2/h17-18,20-21,26-27,29,34,37-38,43,46,52,55,64H,4-16,19,22-25,28,30-33,35-36,39-42,44-45,47-51,53-54,56-63H2,1-3H3/b20-17-,21-18-,29-26-,37-34-,38-27-,46-43-,55-52-/t64-/m1/s1. The van der Waals surface area contributed by atoms with Gasteiger partial charge in [0.2, 0.25) is 0 Å². The molecule has 73 heavy (non-hydrogen) atoms. The van der Waals surface area contributed by atoms with Crippen LogP contribution in [0.1, 0.15) is 303 Å². The highest BCUT2D eigenvalue weighted by Gasteiger charge is 2.19. The summed E-state index contributed by atoms with van der Waals surface area (Å²) in [4.78, 5) is 38.2. The minimum absolute atomic E-state index is 0.108. The van der Waals surface area contributed by atoms with Crippen LogP contribution in [-0.4, -0.2) is 37.2 Å². The molecule has 0 amide bonds. The van der Waals surface area contributed by atoms with Crippen LogP contribution in [0.15, 0.2) is 85.1 Å². The second kappa shape index (κ2) is 61.1. The van der Waals surface area contributed by atoms with Crippen molar-refractivity contribution < 1.29 is 28.6 Å². The number of ether oxygens (including phenoxy) is 3. The summed E-state index contributed by atoms with van der Waals surface area (Å²) in [7, 11) is 0. The minimum Gasteiger partial charge on any atom is -0.462 e. The smallest absolute Gasteiger partial charge is 0.306 e. The minimum atomic E-state index is -0.822. The van der Waals surface area contributed by atoms with Crippen molar-refractivity contribution in [3.05, 3.63) is 85.1 Å². The van der Waals surface area contributed by atoms with E-state index in [0.29, 0.717) is 19.3 Å². The van der Waals surface area contributed by atoms with E-state index in [-0.39, 0.29) is 31.6 Å². The normalized spacial score (nSPS) is 12.6. The van der Waals surface area contributed by atoms with Crippen molar-refractivity contribution in [2.75, 3.05) is 13.2 Å². The van der Waals surface area contributed by atoms with E-state index in [1.54, 1.807) is 0 Å². The number of rotatable bonds is 56. The van der Waals surface area contributed by atoms with E-state index < -0.39 is 12.1 Å². The van der Waals surface area contributed by atoms with Gasteiger partial charge >= 0.3 is 17.9 Å². The van der Waals surface area contributed by atoms with Gasteiger partial charge < -0.3 is 14.2 Å². The fourth-order valence-corrected chi connectivity index (χ4v) is 8.69. The van der Waals surface area contributed by atoms with Crippen molar-refractivity contribution in [1.82, 2.24) is 0 Å². The molecule has 0 fully saturated rings. The molecule has 0 saturated heterocycles. The van der Waals surface area contributed by atoms with Crippen molar-refractivity contribution in [3.8, 4) is 0 Å². The number of unbranched alkanes of at least 4 members (excludes halogenated alkanes) is 31. The predicted octanol–water partition coefficient (Wildman–Crippen LogP) is 21.1. The van der Waals surface area contributed by atoms with Gasteiger partial charge in [-0.2, -0.15) is 0 Å². The van der Waals surface area contributed by atoms with E-state index in [1.807, 2.05) is 6.08 Å². The van der Waals surface area contributed by atoms with Crippen LogP contribution in [-0.2, 0) is 28.6 Å². The molecule has 0 aliphatic rings. The van der Waals surface area contributed by atoms with Gasteiger partial charge in [-0.1, -0.05) is 279 Å². The zero-order chi connectivity index (χ0) is 52.9. The van der Waals surface area contributed by atoms with E-state index in [0.717, 1.165) is 89.9 Å². The van der Waals surface area contributed by atoms with Gasteiger partial charge in [0.1, 0.15) is 13.2 Å². The van der Waals surface area contributed by atoms with Crippen LogP contribution < -0.4 is 0 Å². The predicted molar refractivity (Wildman–Crippen MR) is 316 cm³/mol. The molecule has 1 atom stereocenters. The zero-order valence-corrected chi connectivity index (χ0v) is 48.1. The summed E-state index contributed by atoms with van der Waals surface area (Å²) < 4.78 is 16.8. The Morgan fingerprint density at radius 2 is 0.521 bits per heavy atom. The van der Waals surface area contributed by atoms with Gasteiger partial charge in [-0.05, 0) is 89.9 Å². The van der Waals surface area contributed by atoms with E-state index in [9.17, 15) is 14.4 Å². The van der Waals surface area contributed by atoms with E-state index >= 15 is 0 Å². The number of carbonyl (C=O) groups excluding carboxylic acids is 3. The van der Waals surface area contributed by atoms with E-state index in [2.05, 4.69) is 99.8 Å². The molecule has 0 saturated carbocycles. The third-order valence-electron chi connectivity index (χ3n) is 13.4. The largest absolute Gasteiger partial charge is 0.462 e. The molecule has 0 spiro atoms. The van der Waals surface area contributed by atoms with Crippen LogP contribution in [0.3, 0.4) is 0 Å². The summed E-state index contributed by atoms with van der Waals surface area (Å²) in [6.07, 6.45) is 80.2. The Balaban J connectivity index is 4.45. The molecule has 0 bridgehead atoms. The fraction of sp³-hybridized carbons (Fsp3) is 0.746. The summed E-state index contributed by atoms with van der Waals surface area (Å²) in [6.45, 7) is 6.54. The van der Waals surface area contributed by atoms with Crippen molar-refractivity contribution in [2.24, 2.45) is 0 Å². The highest BCUT2D eigenvalue weighted by molar-refractivity contribution is 5.71. The van der Waals surface area contributed by atoms with Crippen LogP contribution in [0.25, 0.3) is 0 Å². The van der Waals surface area contributed by atoms with Gasteiger partial charge in [-0.25, -0.2) is 0 Å². The molecule has 0 aromatic heterocycles. The first-order chi connectivity index (χ1) is 36.0. The highest BCUT2D eigenvalue weighted by atomic mass is 16.6. The van der Waals surface area contributed by atoms with Gasteiger partial charge in [0.25, 0.3) is 0 Å². The first-order valence-electron chi connectivity index (χ1n) is 31.1.